The zero-order valence-electron chi connectivity index (χ0n) is 11.9. The lowest BCUT2D eigenvalue weighted by Gasteiger charge is -2.24. The Bertz CT molecular complexity index is 374. The van der Waals surface area contributed by atoms with Crippen LogP contribution in [0.5, 0.6) is 0 Å². The van der Waals surface area contributed by atoms with E-state index in [0.29, 0.717) is 13.1 Å². The number of carboxylic acids is 1. The van der Waals surface area contributed by atoms with Gasteiger partial charge < -0.3 is 14.7 Å². The number of hydrogen-bond donors (Lipinski definition) is 1. The highest BCUT2D eigenvalue weighted by atomic mass is 16.5. The lowest BCUT2D eigenvalue weighted by atomic mass is 10.1. The van der Waals surface area contributed by atoms with Gasteiger partial charge in [-0.15, -0.1) is 0 Å². The molecule has 2 fully saturated rings. The molecule has 19 heavy (non-hydrogen) atoms. The van der Waals surface area contributed by atoms with E-state index in [0.717, 1.165) is 19.4 Å². The number of carbonyl (C=O) groups excluding carboxylic acids is 1. The quantitative estimate of drug-likeness (QED) is 0.818. The largest absolute Gasteiger partial charge is 0.481 e. The molecule has 0 aromatic rings. The third-order valence-corrected chi connectivity index (χ3v) is 4.50. The SMILES string of the molecule is CCN(CC1CCCO1)C(=O)[C@@H]1[C@H](C(=O)O)C1(C)C. The minimum atomic E-state index is -0.864. The number of amides is 1. The number of carbonyl (C=O) groups is 2. The Hall–Kier alpha value is -1.10. The third-order valence-electron chi connectivity index (χ3n) is 4.50. The standard InChI is InChI=1S/C14H23NO4/c1-4-15(8-9-6-5-7-19-9)12(16)10-11(13(17)18)14(10,2)3/h9-11H,4-8H2,1-3H3,(H,17,18)/t9?,10-,11+/m0/s1. The molecule has 1 amide bonds. The minimum Gasteiger partial charge on any atom is -0.481 e. The van der Waals surface area contributed by atoms with E-state index in [-0.39, 0.29) is 17.9 Å². The van der Waals surface area contributed by atoms with Gasteiger partial charge in [-0.3, -0.25) is 9.59 Å². The number of carboxylic acid groups (broad SMARTS) is 1. The van der Waals surface area contributed by atoms with Crippen molar-refractivity contribution < 1.29 is 19.4 Å². The molecule has 1 N–H and O–H groups in total. The first kappa shape index (κ1) is 14.3. The van der Waals surface area contributed by atoms with E-state index in [1.54, 1.807) is 4.90 Å². The third kappa shape index (κ3) is 2.61. The van der Waals surface area contributed by atoms with Crippen LogP contribution in [0.25, 0.3) is 0 Å². The normalized spacial score (nSPS) is 32.1. The molecule has 1 saturated heterocycles. The van der Waals surface area contributed by atoms with Crippen molar-refractivity contribution in [1.82, 2.24) is 4.90 Å². The van der Waals surface area contributed by atoms with Crippen molar-refractivity contribution in [3.8, 4) is 0 Å². The number of ether oxygens (including phenoxy) is 1. The summed E-state index contributed by atoms with van der Waals surface area (Å²) in [5.74, 6) is -1.82. The predicted molar refractivity (Wildman–Crippen MR) is 69.6 cm³/mol. The van der Waals surface area contributed by atoms with Crippen molar-refractivity contribution >= 4 is 11.9 Å². The van der Waals surface area contributed by atoms with Crippen LogP contribution < -0.4 is 0 Å². The van der Waals surface area contributed by atoms with Gasteiger partial charge in [-0.25, -0.2) is 0 Å². The highest BCUT2D eigenvalue weighted by Crippen LogP contribution is 2.59. The average molecular weight is 269 g/mol. The second-order valence-corrected chi connectivity index (χ2v) is 6.13. The molecule has 2 rings (SSSR count). The van der Waals surface area contributed by atoms with E-state index in [1.807, 2.05) is 20.8 Å². The molecule has 2 aliphatic rings. The molecule has 0 aromatic heterocycles. The molecule has 1 aliphatic carbocycles. The van der Waals surface area contributed by atoms with E-state index in [1.165, 1.54) is 0 Å². The van der Waals surface area contributed by atoms with E-state index in [9.17, 15) is 9.59 Å². The second-order valence-electron chi connectivity index (χ2n) is 6.13. The molecular weight excluding hydrogens is 246 g/mol. The summed E-state index contributed by atoms with van der Waals surface area (Å²) in [6.45, 7) is 7.61. The Morgan fingerprint density at radius 1 is 1.37 bits per heavy atom. The Kier molecular flexibility index (Phi) is 3.85. The van der Waals surface area contributed by atoms with Crippen molar-refractivity contribution in [2.24, 2.45) is 17.3 Å². The molecule has 1 saturated carbocycles. The molecule has 5 nitrogen and oxygen atoms in total. The van der Waals surface area contributed by atoms with E-state index < -0.39 is 17.3 Å². The van der Waals surface area contributed by atoms with Gasteiger partial charge in [0.05, 0.1) is 17.9 Å². The smallest absolute Gasteiger partial charge is 0.307 e. The molecule has 108 valence electrons. The van der Waals surface area contributed by atoms with Gasteiger partial charge in [-0.2, -0.15) is 0 Å². The van der Waals surface area contributed by atoms with Crippen LogP contribution in [-0.2, 0) is 14.3 Å². The summed E-state index contributed by atoms with van der Waals surface area (Å²) in [6.07, 6.45) is 2.15. The molecule has 0 radical (unpaired) electrons. The van der Waals surface area contributed by atoms with Crippen LogP contribution >= 0.6 is 0 Å². The van der Waals surface area contributed by atoms with Crippen molar-refractivity contribution in [3.05, 3.63) is 0 Å². The molecule has 5 heteroatoms. The topological polar surface area (TPSA) is 66.8 Å². The number of nitrogens with zero attached hydrogens (tertiary/aromatic N) is 1. The summed E-state index contributed by atoms with van der Waals surface area (Å²) in [5.41, 5.74) is -0.424. The van der Waals surface area contributed by atoms with Gasteiger partial charge in [0.15, 0.2) is 0 Å². The first-order valence-electron chi connectivity index (χ1n) is 7.02. The van der Waals surface area contributed by atoms with Crippen LogP contribution in [0.1, 0.15) is 33.6 Å². The van der Waals surface area contributed by atoms with Crippen molar-refractivity contribution in [3.63, 3.8) is 0 Å². The molecule has 1 heterocycles. The van der Waals surface area contributed by atoms with Crippen LogP contribution in [0.2, 0.25) is 0 Å². The molecule has 3 atom stereocenters. The first-order valence-corrected chi connectivity index (χ1v) is 7.02. The van der Waals surface area contributed by atoms with Crippen LogP contribution in [0.15, 0.2) is 0 Å². The molecule has 1 unspecified atom stereocenters. The summed E-state index contributed by atoms with van der Waals surface area (Å²) in [4.78, 5) is 25.4. The van der Waals surface area contributed by atoms with Crippen molar-refractivity contribution in [1.29, 1.82) is 0 Å². The highest BCUT2D eigenvalue weighted by Gasteiger charge is 2.66. The lowest BCUT2D eigenvalue weighted by molar-refractivity contribution is -0.142. The maximum absolute atomic E-state index is 12.5. The Morgan fingerprint density at radius 3 is 2.47 bits per heavy atom. The minimum absolute atomic E-state index is 0.0320. The van der Waals surface area contributed by atoms with Gasteiger partial charge in [-0.1, -0.05) is 13.8 Å². The van der Waals surface area contributed by atoms with E-state index >= 15 is 0 Å². The summed E-state index contributed by atoms with van der Waals surface area (Å²) < 4.78 is 5.55. The fourth-order valence-electron chi connectivity index (χ4n) is 3.17. The Labute approximate surface area is 113 Å². The molecule has 0 bridgehead atoms. The van der Waals surface area contributed by atoms with E-state index in [2.05, 4.69) is 0 Å². The number of rotatable bonds is 5. The average Bonchev–Trinajstić information content (AvgIpc) is 2.73. The zero-order chi connectivity index (χ0) is 14.2. The van der Waals surface area contributed by atoms with Crippen LogP contribution in [-0.4, -0.2) is 47.7 Å². The van der Waals surface area contributed by atoms with Gasteiger partial charge >= 0.3 is 5.97 Å². The molecular formula is C14H23NO4. The number of likely N-dealkylation sites (N-methyl/N-ethyl adjacent to an activating group) is 1. The van der Waals surface area contributed by atoms with Crippen molar-refractivity contribution in [2.45, 2.75) is 39.7 Å². The predicted octanol–water partition coefficient (Wildman–Crippen LogP) is 1.37. The van der Waals surface area contributed by atoms with Gasteiger partial charge in [0, 0.05) is 19.7 Å². The Morgan fingerprint density at radius 2 is 2.05 bits per heavy atom. The number of hydrogen-bond acceptors (Lipinski definition) is 3. The first-order chi connectivity index (χ1) is 8.89. The maximum Gasteiger partial charge on any atom is 0.307 e. The fourth-order valence-corrected chi connectivity index (χ4v) is 3.17. The summed E-state index contributed by atoms with van der Waals surface area (Å²) in [6, 6.07) is 0. The van der Waals surface area contributed by atoms with Crippen molar-refractivity contribution in [2.75, 3.05) is 19.7 Å². The molecule has 0 spiro atoms. The molecule has 0 aromatic carbocycles. The van der Waals surface area contributed by atoms with Gasteiger partial charge in [0.1, 0.15) is 0 Å². The molecule has 1 aliphatic heterocycles. The summed E-state index contributed by atoms with van der Waals surface area (Å²) >= 11 is 0. The fraction of sp³-hybridized carbons (Fsp3) is 0.857. The van der Waals surface area contributed by atoms with Crippen LogP contribution in [0.3, 0.4) is 0 Å². The van der Waals surface area contributed by atoms with Gasteiger partial charge in [0.2, 0.25) is 5.91 Å². The Balaban J connectivity index is 1.99. The van der Waals surface area contributed by atoms with Crippen LogP contribution in [0.4, 0.5) is 0 Å². The number of aliphatic carboxylic acids is 1. The van der Waals surface area contributed by atoms with E-state index in [4.69, 9.17) is 9.84 Å². The van der Waals surface area contributed by atoms with Crippen LogP contribution in [0, 0.1) is 17.3 Å². The van der Waals surface area contributed by atoms with Gasteiger partial charge in [-0.05, 0) is 25.2 Å². The highest BCUT2D eigenvalue weighted by molar-refractivity contribution is 5.91. The van der Waals surface area contributed by atoms with Gasteiger partial charge in [0.25, 0.3) is 0 Å². The summed E-state index contributed by atoms with van der Waals surface area (Å²) in [5, 5.41) is 9.15. The zero-order valence-corrected chi connectivity index (χ0v) is 11.9. The lowest BCUT2D eigenvalue weighted by Crippen LogP contribution is -2.39. The second kappa shape index (κ2) is 5.12. The monoisotopic (exact) mass is 269 g/mol. The summed E-state index contributed by atoms with van der Waals surface area (Å²) in [7, 11) is 0. The maximum atomic E-state index is 12.5.